The summed E-state index contributed by atoms with van der Waals surface area (Å²) in [6.45, 7) is 5.12. The van der Waals surface area contributed by atoms with Crippen molar-refractivity contribution >= 4 is 43.2 Å². The van der Waals surface area contributed by atoms with Gasteiger partial charge in [-0.25, -0.2) is 4.39 Å². The number of aryl methyl sites for hydroxylation is 1. The van der Waals surface area contributed by atoms with Gasteiger partial charge in [0.25, 0.3) is 0 Å². The van der Waals surface area contributed by atoms with Gasteiger partial charge in [-0.2, -0.15) is 0 Å². The minimum atomic E-state index is -0.224. The highest BCUT2D eigenvalue weighted by Crippen LogP contribution is 2.34. The van der Waals surface area contributed by atoms with E-state index in [1.54, 1.807) is 23.5 Å². The molecule has 1 heterocycles. The van der Waals surface area contributed by atoms with E-state index in [-0.39, 0.29) is 11.9 Å². The lowest BCUT2D eigenvalue weighted by atomic mass is 9.99. The third-order valence-electron chi connectivity index (χ3n) is 3.11. The number of hydrogen-bond donors (Lipinski definition) is 1. The van der Waals surface area contributed by atoms with E-state index in [4.69, 9.17) is 0 Å². The number of thiophene rings is 1. The van der Waals surface area contributed by atoms with Crippen LogP contribution >= 0.6 is 43.2 Å². The van der Waals surface area contributed by atoms with Gasteiger partial charge < -0.3 is 5.32 Å². The first kappa shape index (κ1) is 16.1. The molecule has 0 bridgehead atoms. The van der Waals surface area contributed by atoms with Gasteiger partial charge in [-0.3, -0.25) is 0 Å². The highest BCUT2D eigenvalue weighted by atomic mass is 79.9. The molecule has 0 saturated carbocycles. The first-order chi connectivity index (χ1) is 9.52. The maximum atomic E-state index is 13.8. The molecule has 0 saturated heterocycles. The Bertz CT molecular complexity index is 598. The van der Waals surface area contributed by atoms with E-state index in [1.165, 1.54) is 10.4 Å². The Labute approximate surface area is 139 Å². The molecular formula is C15H16Br2FNS. The number of nitrogens with one attached hydrogen (secondary N) is 1. The second kappa shape index (κ2) is 7.16. The second-order valence-electron chi connectivity index (χ2n) is 4.62. The predicted octanol–water partition coefficient (Wildman–Crippen LogP) is 5.81. The largest absolute Gasteiger partial charge is 0.306 e. The van der Waals surface area contributed by atoms with Crippen molar-refractivity contribution in [3.05, 3.63) is 54.3 Å². The molecule has 0 radical (unpaired) electrons. The van der Waals surface area contributed by atoms with Crippen LogP contribution in [-0.4, -0.2) is 6.54 Å². The van der Waals surface area contributed by atoms with E-state index < -0.39 is 0 Å². The fraction of sp³-hybridized carbons (Fsp3) is 0.333. The third-order valence-corrected chi connectivity index (χ3v) is 5.32. The Morgan fingerprint density at radius 2 is 2.05 bits per heavy atom. The average Bonchev–Trinajstić information content (AvgIpc) is 2.73. The first-order valence-corrected chi connectivity index (χ1v) is 8.87. The Balaban J connectivity index is 2.41. The summed E-state index contributed by atoms with van der Waals surface area (Å²) >= 11 is 8.44. The lowest BCUT2D eigenvalue weighted by Gasteiger charge is -2.19. The summed E-state index contributed by atoms with van der Waals surface area (Å²) in [6, 6.07) is 7.48. The highest BCUT2D eigenvalue weighted by Gasteiger charge is 2.18. The number of halogens is 3. The van der Waals surface area contributed by atoms with Crippen LogP contribution in [0.5, 0.6) is 0 Å². The first-order valence-electron chi connectivity index (χ1n) is 6.47. The number of hydrogen-bond acceptors (Lipinski definition) is 2. The van der Waals surface area contributed by atoms with E-state index >= 15 is 0 Å². The van der Waals surface area contributed by atoms with E-state index in [2.05, 4.69) is 57.1 Å². The molecule has 2 aromatic rings. The smallest absolute Gasteiger partial charge is 0.137 e. The molecule has 0 amide bonds. The molecule has 0 fully saturated rings. The summed E-state index contributed by atoms with van der Waals surface area (Å²) in [5, 5.41) is 3.51. The minimum Gasteiger partial charge on any atom is -0.306 e. The normalized spacial score (nSPS) is 12.7. The molecule has 108 valence electrons. The highest BCUT2D eigenvalue weighted by molar-refractivity contribution is 9.11. The Hall–Kier alpha value is -0.230. The van der Waals surface area contributed by atoms with Gasteiger partial charge in [-0.05, 0) is 81.1 Å². The summed E-state index contributed by atoms with van der Waals surface area (Å²) in [5.74, 6) is -0.224. The summed E-state index contributed by atoms with van der Waals surface area (Å²) in [4.78, 5) is 1.24. The summed E-state index contributed by atoms with van der Waals surface area (Å²) in [7, 11) is 0. The van der Waals surface area contributed by atoms with Gasteiger partial charge in [0.15, 0.2) is 0 Å². The van der Waals surface area contributed by atoms with Crippen LogP contribution in [0.3, 0.4) is 0 Å². The summed E-state index contributed by atoms with van der Waals surface area (Å²) in [5.41, 5.74) is 2.16. The van der Waals surface area contributed by atoms with Gasteiger partial charge in [0, 0.05) is 4.88 Å². The summed E-state index contributed by atoms with van der Waals surface area (Å²) < 4.78 is 15.4. The van der Waals surface area contributed by atoms with Crippen molar-refractivity contribution in [3.8, 4) is 0 Å². The van der Waals surface area contributed by atoms with E-state index in [9.17, 15) is 4.39 Å². The SMILES string of the molecule is CCCNC(c1ccc(Br)c(F)c1)c1cc(Br)sc1C. The lowest BCUT2D eigenvalue weighted by molar-refractivity contribution is 0.583. The molecule has 20 heavy (non-hydrogen) atoms. The van der Waals surface area contributed by atoms with Crippen molar-refractivity contribution in [2.75, 3.05) is 6.54 Å². The quantitative estimate of drug-likeness (QED) is 0.643. The Morgan fingerprint density at radius 1 is 1.30 bits per heavy atom. The average molecular weight is 421 g/mol. The molecule has 0 aliphatic carbocycles. The maximum absolute atomic E-state index is 13.8. The van der Waals surface area contributed by atoms with Crippen LogP contribution in [0.1, 0.15) is 35.4 Å². The Kier molecular flexibility index (Phi) is 5.78. The molecule has 0 spiro atoms. The van der Waals surface area contributed by atoms with Gasteiger partial charge >= 0.3 is 0 Å². The van der Waals surface area contributed by atoms with Crippen molar-refractivity contribution < 1.29 is 4.39 Å². The molecule has 1 aromatic carbocycles. The van der Waals surface area contributed by atoms with Crippen molar-refractivity contribution in [2.24, 2.45) is 0 Å². The molecule has 0 aliphatic rings. The van der Waals surface area contributed by atoms with Crippen LogP contribution < -0.4 is 5.32 Å². The predicted molar refractivity (Wildman–Crippen MR) is 91.0 cm³/mol. The van der Waals surface area contributed by atoms with Crippen molar-refractivity contribution in [1.29, 1.82) is 0 Å². The molecule has 0 aliphatic heterocycles. The van der Waals surface area contributed by atoms with Crippen LogP contribution in [0.4, 0.5) is 4.39 Å². The molecule has 1 aromatic heterocycles. The number of rotatable bonds is 5. The van der Waals surface area contributed by atoms with Crippen LogP contribution in [0.2, 0.25) is 0 Å². The molecular weight excluding hydrogens is 405 g/mol. The molecule has 1 nitrogen and oxygen atoms in total. The molecule has 2 rings (SSSR count). The van der Waals surface area contributed by atoms with Crippen molar-refractivity contribution in [1.82, 2.24) is 5.32 Å². The summed E-state index contributed by atoms with van der Waals surface area (Å²) in [6.07, 6.45) is 1.04. The zero-order chi connectivity index (χ0) is 14.7. The second-order valence-corrected chi connectivity index (χ2v) is 8.11. The van der Waals surface area contributed by atoms with Crippen LogP contribution in [0, 0.1) is 12.7 Å². The van der Waals surface area contributed by atoms with E-state index in [0.717, 1.165) is 22.3 Å². The Morgan fingerprint density at radius 3 is 2.60 bits per heavy atom. The van der Waals surface area contributed by atoms with E-state index in [0.29, 0.717) is 4.47 Å². The molecule has 5 heteroatoms. The van der Waals surface area contributed by atoms with Gasteiger partial charge in [0.1, 0.15) is 5.82 Å². The van der Waals surface area contributed by atoms with Crippen LogP contribution in [0.25, 0.3) is 0 Å². The van der Waals surface area contributed by atoms with Gasteiger partial charge in [0.2, 0.25) is 0 Å². The topological polar surface area (TPSA) is 12.0 Å². The maximum Gasteiger partial charge on any atom is 0.137 e. The molecule has 1 unspecified atom stereocenters. The van der Waals surface area contributed by atoms with Gasteiger partial charge in [-0.15, -0.1) is 11.3 Å². The van der Waals surface area contributed by atoms with E-state index in [1.807, 2.05) is 6.07 Å². The standard InChI is InChI=1S/C15H16Br2FNS/c1-3-6-19-15(11-8-14(17)20-9(11)2)10-4-5-12(16)13(18)7-10/h4-5,7-8,15,19H,3,6H2,1-2H3. The van der Waals surface area contributed by atoms with Gasteiger partial charge in [-0.1, -0.05) is 13.0 Å². The van der Waals surface area contributed by atoms with Crippen molar-refractivity contribution in [2.45, 2.75) is 26.3 Å². The molecule has 1 atom stereocenters. The van der Waals surface area contributed by atoms with Gasteiger partial charge in [0.05, 0.1) is 14.3 Å². The fourth-order valence-corrected chi connectivity index (χ4v) is 4.13. The molecule has 1 N–H and O–H groups in total. The zero-order valence-corrected chi connectivity index (χ0v) is 15.3. The van der Waals surface area contributed by atoms with Crippen LogP contribution in [-0.2, 0) is 0 Å². The lowest BCUT2D eigenvalue weighted by Crippen LogP contribution is -2.23. The minimum absolute atomic E-state index is 0.0279. The third kappa shape index (κ3) is 3.70. The zero-order valence-electron chi connectivity index (χ0n) is 11.3. The number of benzene rings is 1. The fourth-order valence-electron chi connectivity index (χ4n) is 2.13. The van der Waals surface area contributed by atoms with Crippen molar-refractivity contribution in [3.63, 3.8) is 0 Å². The monoisotopic (exact) mass is 419 g/mol. The van der Waals surface area contributed by atoms with Crippen LogP contribution in [0.15, 0.2) is 32.5 Å².